The van der Waals surface area contributed by atoms with Crippen LogP contribution in [0.15, 0.2) is 18.2 Å². The van der Waals surface area contributed by atoms with Crippen LogP contribution in [0.4, 0.5) is 11.6 Å². The van der Waals surface area contributed by atoms with Gasteiger partial charge in [-0.15, -0.1) is 0 Å². The molecule has 1 saturated heterocycles. The Hall–Kier alpha value is -1.29. The van der Waals surface area contributed by atoms with Gasteiger partial charge in [0.2, 0.25) is 0 Å². The zero-order valence-corrected chi connectivity index (χ0v) is 9.21. The molecular weight excluding hydrogens is 190 g/mol. The summed E-state index contributed by atoms with van der Waals surface area (Å²) in [5.74, 6) is 1.78. The highest BCUT2D eigenvalue weighted by molar-refractivity contribution is 5.46. The molecule has 2 heterocycles. The van der Waals surface area contributed by atoms with E-state index in [1.54, 1.807) is 0 Å². The van der Waals surface area contributed by atoms with Gasteiger partial charge >= 0.3 is 0 Å². The highest BCUT2D eigenvalue weighted by Gasteiger charge is 2.29. The van der Waals surface area contributed by atoms with Crippen molar-refractivity contribution in [1.29, 1.82) is 0 Å². The van der Waals surface area contributed by atoms with Gasteiger partial charge in [-0.05, 0) is 25.5 Å². The maximum atomic E-state index is 5.38. The van der Waals surface area contributed by atoms with Crippen LogP contribution in [0.3, 0.4) is 0 Å². The van der Waals surface area contributed by atoms with E-state index < -0.39 is 0 Å². The first kappa shape index (κ1) is 10.2. The largest absolute Gasteiger partial charge is 0.379 e. The standard InChI is InChI=1S/C11H17N3O/c1-11(6-7-15-8-11)14-10-5-3-4-9(12-2)13-10/h3-5H,6-8H2,1-2H3,(H2,12,13,14). The van der Waals surface area contributed by atoms with E-state index >= 15 is 0 Å². The van der Waals surface area contributed by atoms with E-state index in [0.29, 0.717) is 0 Å². The molecule has 1 unspecified atom stereocenters. The molecule has 0 aliphatic carbocycles. The molecule has 2 N–H and O–H groups in total. The van der Waals surface area contributed by atoms with Gasteiger partial charge in [0.05, 0.1) is 12.1 Å². The molecular formula is C11H17N3O. The van der Waals surface area contributed by atoms with Gasteiger partial charge in [0.1, 0.15) is 11.6 Å². The van der Waals surface area contributed by atoms with Gasteiger partial charge in [0, 0.05) is 13.7 Å². The summed E-state index contributed by atoms with van der Waals surface area (Å²) in [6, 6.07) is 5.91. The lowest BCUT2D eigenvalue weighted by Crippen LogP contribution is -2.35. The van der Waals surface area contributed by atoms with E-state index in [1.165, 1.54) is 0 Å². The molecule has 0 aromatic carbocycles. The van der Waals surface area contributed by atoms with E-state index in [1.807, 2.05) is 25.2 Å². The molecule has 1 aliphatic heterocycles. The molecule has 4 nitrogen and oxygen atoms in total. The van der Waals surface area contributed by atoms with Crippen LogP contribution in [0.1, 0.15) is 13.3 Å². The van der Waals surface area contributed by atoms with Crippen LogP contribution < -0.4 is 10.6 Å². The SMILES string of the molecule is CNc1cccc(NC2(C)CCOC2)n1. The summed E-state index contributed by atoms with van der Waals surface area (Å²) in [5.41, 5.74) is 0.0271. The zero-order chi connectivity index (χ0) is 10.7. The van der Waals surface area contributed by atoms with Gasteiger partial charge in [-0.1, -0.05) is 6.07 Å². The topological polar surface area (TPSA) is 46.2 Å². The Bertz CT molecular complexity index is 334. The van der Waals surface area contributed by atoms with Crippen LogP contribution in [-0.4, -0.2) is 30.8 Å². The summed E-state index contributed by atoms with van der Waals surface area (Å²) >= 11 is 0. The third-order valence-corrected chi connectivity index (χ3v) is 2.65. The summed E-state index contributed by atoms with van der Waals surface area (Å²) in [6.45, 7) is 3.74. The van der Waals surface area contributed by atoms with Crippen LogP contribution in [0.2, 0.25) is 0 Å². The maximum Gasteiger partial charge on any atom is 0.128 e. The Morgan fingerprint density at radius 1 is 1.40 bits per heavy atom. The van der Waals surface area contributed by atoms with Crippen molar-refractivity contribution in [3.8, 4) is 0 Å². The number of aromatic nitrogens is 1. The summed E-state index contributed by atoms with van der Waals surface area (Å²) in [7, 11) is 1.87. The highest BCUT2D eigenvalue weighted by Crippen LogP contribution is 2.23. The first-order chi connectivity index (χ1) is 7.22. The molecule has 0 saturated carbocycles. The Labute approximate surface area is 90.0 Å². The highest BCUT2D eigenvalue weighted by atomic mass is 16.5. The van der Waals surface area contributed by atoms with E-state index in [9.17, 15) is 0 Å². The van der Waals surface area contributed by atoms with Crippen molar-refractivity contribution in [1.82, 2.24) is 4.98 Å². The lowest BCUT2D eigenvalue weighted by atomic mass is 10.0. The van der Waals surface area contributed by atoms with Crippen LogP contribution >= 0.6 is 0 Å². The maximum absolute atomic E-state index is 5.38. The van der Waals surface area contributed by atoms with Crippen LogP contribution in [0.5, 0.6) is 0 Å². The summed E-state index contributed by atoms with van der Waals surface area (Å²) in [6.07, 6.45) is 1.03. The third kappa shape index (κ3) is 2.39. The van der Waals surface area contributed by atoms with Gasteiger partial charge in [0.15, 0.2) is 0 Å². The minimum atomic E-state index is 0.0271. The fourth-order valence-corrected chi connectivity index (χ4v) is 1.72. The van der Waals surface area contributed by atoms with E-state index in [0.717, 1.165) is 31.3 Å². The minimum Gasteiger partial charge on any atom is -0.379 e. The quantitative estimate of drug-likeness (QED) is 0.792. The average Bonchev–Trinajstić information content (AvgIpc) is 2.65. The zero-order valence-electron chi connectivity index (χ0n) is 9.21. The molecule has 0 amide bonds. The molecule has 0 radical (unpaired) electrons. The lowest BCUT2D eigenvalue weighted by Gasteiger charge is -2.24. The van der Waals surface area contributed by atoms with Gasteiger partial charge in [-0.3, -0.25) is 0 Å². The second kappa shape index (κ2) is 4.06. The van der Waals surface area contributed by atoms with Crippen molar-refractivity contribution < 1.29 is 4.74 Å². The monoisotopic (exact) mass is 207 g/mol. The Morgan fingerprint density at radius 3 is 2.87 bits per heavy atom. The normalized spacial score (nSPS) is 25.2. The van der Waals surface area contributed by atoms with E-state index in [2.05, 4.69) is 22.5 Å². The van der Waals surface area contributed by atoms with E-state index in [4.69, 9.17) is 4.74 Å². The first-order valence-corrected chi connectivity index (χ1v) is 5.23. The fourth-order valence-electron chi connectivity index (χ4n) is 1.72. The number of anilines is 2. The Balaban J connectivity index is 2.09. The summed E-state index contributed by atoms with van der Waals surface area (Å²) in [5, 5.41) is 6.44. The second-order valence-electron chi connectivity index (χ2n) is 4.15. The van der Waals surface area contributed by atoms with E-state index in [-0.39, 0.29) is 5.54 Å². The molecule has 2 rings (SSSR count). The minimum absolute atomic E-state index is 0.0271. The predicted octanol–water partition coefficient (Wildman–Crippen LogP) is 1.71. The number of pyridine rings is 1. The van der Waals surface area contributed by atoms with Crippen LogP contribution in [-0.2, 0) is 4.74 Å². The number of ether oxygens (including phenoxy) is 1. The molecule has 1 fully saturated rings. The Morgan fingerprint density at radius 2 is 2.20 bits per heavy atom. The molecule has 0 spiro atoms. The Kier molecular flexibility index (Phi) is 2.77. The van der Waals surface area contributed by atoms with Crippen molar-refractivity contribution >= 4 is 11.6 Å². The van der Waals surface area contributed by atoms with Gasteiger partial charge in [-0.2, -0.15) is 0 Å². The number of rotatable bonds is 3. The number of nitrogens with zero attached hydrogens (tertiary/aromatic N) is 1. The molecule has 0 bridgehead atoms. The molecule has 4 heteroatoms. The fraction of sp³-hybridized carbons (Fsp3) is 0.545. The predicted molar refractivity (Wildman–Crippen MR) is 61.2 cm³/mol. The molecule has 1 atom stereocenters. The molecule has 1 aromatic heterocycles. The van der Waals surface area contributed by atoms with Gasteiger partial charge in [0.25, 0.3) is 0 Å². The average molecular weight is 207 g/mol. The summed E-state index contributed by atoms with van der Waals surface area (Å²) < 4.78 is 5.38. The van der Waals surface area contributed by atoms with Crippen LogP contribution in [0.25, 0.3) is 0 Å². The second-order valence-corrected chi connectivity index (χ2v) is 4.15. The number of nitrogens with one attached hydrogen (secondary N) is 2. The molecule has 82 valence electrons. The molecule has 1 aliphatic rings. The third-order valence-electron chi connectivity index (χ3n) is 2.65. The smallest absolute Gasteiger partial charge is 0.128 e. The van der Waals surface area contributed by atoms with Crippen LogP contribution in [0, 0.1) is 0 Å². The number of hydrogen-bond donors (Lipinski definition) is 2. The van der Waals surface area contributed by atoms with Crippen molar-refractivity contribution in [2.45, 2.75) is 18.9 Å². The number of hydrogen-bond acceptors (Lipinski definition) is 4. The van der Waals surface area contributed by atoms with Crippen molar-refractivity contribution in [2.75, 3.05) is 30.9 Å². The first-order valence-electron chi connectivity index (χ1n) is 5.23. The molecule has 15 heavy (non-hydrogen) atoms. The van der Waals surface area contributed by atoms with Crippen molar-refractivity contribution in [3.63, 3.8) is 0 Å². The van der Waals surface area contributed by atoms with Gasteiger partial charge in [-0.25, -0.2) is 4.98 Å². The molecule has 1 aromatic rings. The van der Waals surface area contributed by atoms with Crippen molar-refractivity contribution in [3.05, 3.63) is 18.2 Å². The summed E-state index contributed by atoms with van der Waals surface area (Å²) in [4.78, 5) is 4.42. The lowest BCUT2D eigenvalue weighted by molar-refractivity contribution is 0.185. The van der Waals surface area contributed by atoms with Crippen molar-refractivity contribution in [2.24, 2.45) is 0 Å². The van der Waals surface area contributed by atoms with Gasteiger partial charge < -0.3 is 15.4 Å².